The molecule has 2 aromatic carbocycles. The average Bonchev–Trinajstić information content (AvgIpc) is 2.92. The number of amidine groups is 1. The number of thioether (sulfide) groups is 1. The lowest BCUT2D eigenvalue weighted by Crippen LogP contribution is -2.30. The van der Waals surface area contributed by atoms with E-state index in [0.717, 1.165) is 33.2 Å². The maximum atomic E-state index is 13.3. The molecule has 0 radical (unpaired) electrons. The first-order valence-corrected chi connectivity index (χ1v) is 10.2. The van der Waals surface area contributed by atoms with Crippen LogP contribution in [0, 0.1) is 13.8 Å². The van der Waals surface area contributed by atoms with Crippen molar-refractivity contribution >= 4 is 40.3 Å². The van der Waals surface area contributed by atoms with Gasteiger partial charge >= 0.3 is 0 Å². The maximum absolute atomic E-state index is 13.3. The van der Waals surface area contributed by atoms with Crippen LogP contribution in [0.25, 0.3) is 6.08 Å². The van der Waals surface area contributed by atoms with Gasteiger partial charge in [-0.2, -0.15) is 0 Å². The Morgan fingerprint density at radius 1 is 1.07 bits per heavy atom. The molecule has 5 heteroatoms. The summed E-state index contributed by atoms with van der Waals surface area (Å²) < 4.78 is 0. The quantitative estimate of drug-likeness (QED) is 0.665. The van der Waals surface area contributed by atoms with E-state index in [2.05, 4.69) is 36.9 Å². The second kappa shape index (κ2) is 8.23. The molecule has 0 atom stereocenters. The summed E-state index contributed by atoms with van der Waals surface area (Å²) in [6, 6.07) is 14.3. The summed E-state index contributed by atoms with van der Waals surface area (Å²) in [7, 11) is 4.03. The zero-order chi connectivity index (χ0) is 20.4. The van der Waals surface area contributed by atoms with Crippen molar-refractivity contribution in [3.05, 3.63) is 64.1 Å². The van der Waals surface area contributed by atoms with Crippen molar-refractivity contribution in [3.8, 4) is 0 Å². The number of anilines is 2. The fourth-order valence-corrected chi connectivity index (χ4v) is 4.10. The number of hydrogen-bond acceptors (Lipinski definition) is 4. The molecule has 1 fully saturated rings. The molecular formula is C23H27N3OS. The van der Waals surface area contributed by atoms with Crippen LogP contribution in [-0.2, 0) is 4.79 Å². The normalized spacial score (nSPS) is 17.2. The Bertz CT molecular complexity index is 943. The van der Waals surface area contributed by atoms with E-state index >= 15 is 0 Å². The maximum Gasteiger partial charge on any atom is 0.271 e. The van der Waals surface area contributed by atoms with Gasteiger partial charge in [0.25, 0.3) is 5.91 Å². The van der Waals surface area contributed by atoms with E-state index in [1.165, 1.54) is 11.8 Å². The molecule has 1 aliphatic rings. The van der Waals surface area contributed by atoms with Crippen LogP contribution in [0.4, 0.5) is 11.4 Å². The van der Waals surface area contributed by atoms with Crippen molar-refractivity contribution in [2.45, 2.75) is 33.7 Å². The van der Waals surface area contributed by atoms with Gasteiger partial charge in [0.1, 0.15) is 0 Å². The molecule has 0 N–H and O–H groups in total. The molecule has 0 unspecified atom stereocenters. The standard InChI is InChI=1S/C23H27N3OS/c1-15(2)24-23-26(20-9-7-8-16(3)17(20)4)22(27)21(28-23)14-18-10-12-19(13-11-18)25(5)6/h7-15H,1-6H3/b21-14-,24-23-. The number of benzene rings is 2. The minimum atomic E-state index is -0.0187. The predicted molar refractivity (Wildman–Crippen MR) is 122 cm³/mol. The Hall–Kier alpha value is -2.53. The van der Waals surface area contributed by atoms with Gasteiger partial charge in [-0.15, -0.1) is 0 Å². The first-order chi connectivity index (χ1) is 13.3. The lowest BCUT2D eigenvalue weighted by molar-refractivity contribution is -0.113. The number of nitrogens with zero attached hydrogens (tertiary/aromatic N) is 3. The third kappa shape index (κ3) is 4.14. The summed E-state index contributed by atoms with van der Waals surface area (Å²) in [5.74, 6) is -0.0187. The van der Waals surface area contributed by atoms with Gasteiger partial charge in [-0.05, 0) is 80.4 Å². The zero-order valence-corrected chi connectivity index (χ0v) is 18.2. The van der Waals surface area contributed by atoms with Gasteiger partial charge in [0.15, 0.2) is 5.17 Å². The summed E-state index contributed by atoms with van der Waals surface area (Å²) in [4.78, 5) is 22.5. The van der Waals surface area contributed by atoms with E-state index in [1.54, 1.807) is 4.90 Å². The lowest BCUT2D eigenvalue weighted by atomic mass is 10.1. The minimum Gasteiger partial charge on any atom is -0.378 e. The minimum absolute atomic E-state index is 0.0187. The van der Waals surface area contributed by atoms with Crippen molar-refractivity contribution in [2.24, 2.45) is 4.99 Å². The highest BCUT2D eigenvalue weighted by atomic mass is 32.2. The number of aliphatic imine (C=N–C) groups is 1. The number of aryl methyl sites for hydroxylation is 1. The van der Waals surface area contributed by atoms with E-state index in [9.17, 15) is 4.79 Å². The molecule has 0 spiro atoms. The predicted octanol–water partition coefficient (Wildman–Crippen LogP) is 5.25. The molecule has 1 aliphatic heterocycles. The molecule has 28 heavy (non-hydrogen) atoms. The van der Waals surface area contributed by atoms with Crippen molar-refractivity contribution in [1.29, 1.82) is 0 Å². The smallest absolute Gasteiger partial charge is 0.271 e. The SMILES string of the molecule is Cc1cccc(N2C(=O)/C(=C/c3ccc(N(C)C)cc3)S/C2=N\C(C)C)c1C. The first kappa shape index (κ1) is 20.2. The second-order valence-electron chi connectivity index (χ2n) is 7.46. The van der Waals surface area contributed by atoms with Crippen LogP contribution < -0.4 is 9.80 Å². The highest BCUT2D eigenvalue weighted by Crippen LogP contribution is 2.38. The van der Waals surface area contributed by atoms with E-state index in [-0.39, 0.29) is 11.9 Å². The number of amides is 1. The van der Waals surface area contributed by atoms with Gasteiger partial charge in [-0.25, -0.2) is 0 Å². The van der Waals surface area contributed by atoms with Crippen LogP contribution in [0.3, 0.4) is 0 Å². The monoisotopic (exact) mass is 393 g/mol. The van der Waals surface area contributed by atoms with Crippen molar-refractivity contribution in [1.82, 2.24) is 0 Å². The topological polar surface area (TPSA) is 35.9 Å². The van der Waals surface area contributed by atoms with Crippen LogP contribution in [-0.4, -0.2) is 31.2 Å². The molecule has 0 saturated carbocycles. The summed E-state index contributed by atoms with van der Waals surface area (Å²) in [6.45, 7) is 8.17. The molecular weight excluding hydrogens is 366 g/mol. The molecule has 3 rings (SSSR count). The molecule has 1 saturated heterocycles. The van der Waals surface area contributed by atoms with E-state index in [0.29, 0.717) is 4.91 Å². The third-order valence-electron chi connectivity index (χ3n) is 4.70. The average molecular weight is 394 g/mol. The van der Waals surface area contributed by atoms with Gasteiger partial charge in [-0.1, -0.05) is 24.3 Å². The van der Waals surface area contributed by atoms with Gasteiger partial charge in [0.05, 0.1) is 10.6 Å². The van der Waals surface area contributed by atoms with Gasteiger partial charge in [0.2, 0.25) is 0 Å². The Balaban J connectivity index is 2.01. The van der Waals surface area contributed by atoms with Crippen molar-refractivity contribution in [3.63, 3.8) is 0 Å². The van der Waals surface area contributed by atoms with Crippen LogP contribution in [0.2, 0.25) is 0 Å². The number of rotatable bonds is 4. The molecule has 146 valence electrons. The first-order valence-electron chi connectivity index (χ1n) is 9.43. The van der Waals surface area contributed by atoms with Gasteiger partial charge in [0, 0.05) is 25.8 Å². The van der Waals surface area contributed by atoms with Crippen LogP contribution in [0.1, 0.15) is 30.5 Å². The molecule has 1 heterocycles. The molecule has 0 bridgehead atoms. The van der Waals surface area contributed by atoms with E-state index in [4.69, 9.17) is 4.99 Å². The molecule has 1 amide bonds. The number of hydrogen-bond donors (Lipinski definition) is 0. The summed E-state index contributed by atoms with van der Waals surface area (Å²) >= 11 is 1.45. The summed E-state index contributed by atoms with van der Waals surface area (Å²) in [6.07, 6.45) is 1.95. The zero-order valence-electron chi connectivity index (χ0n) is 17.4. The van der Waals surface area contributed by atoms with Crippen LogP contribution in [0.5, 0.6) is 0 Å². The summed E-state index contributed by atoms with van der Waals surface area (Å²) in [5.41, 5.74) is 5.31. The van der Waals surface area contributed by atoms with Gasteiger partial charge in [-0.3, -0.25) is 14.7 Å². The largest absolute Gasteiger partial charge is 0.378 e. The van der Waals surface area contributed by atoms with Crippen LogP contribution in [0.15, 0.2) is 52.4 Å². The number of carbonyl (C=O) groups is 1. The van der Waals surface area contributed by atoms with Gasteiger partial charge < -0.3 is 4.90 Å². The van der Waals surface area contributed by atoms with E-state index < -0.39 is 0 Å². The molecule has 0 aromatic heterocycles. The molecule has 4 nitrogen and oxygen atoms in total. The highest BCUT2D eigenvalue weighted by molar-refractivity contribution is 8.19. The Kier molecular flexibility index (Phi) is 5.94. The lowest BCUT2D eigenvalue weighted by Gasteiger charge is -2.19. The fourth-order valence-electron chi connectivity index (χ4n) is 2.99. The molecule has 0 aliphatic carbocycles. The Morgan fingerprint density at radius 3 is 2.36 bits per heavy atom. The Morgan fingerprint density at radius 2 is 1.75 bits per heavy atom. The molecule has 2 aromatic rings. The van der Waals surface area contributed by atoms with Crippen molar-refractivity contribution < 1.29 is 4.79 Å². The van der Waals surface area contributed by atoms with Crippen molar-refractivity contribution in [2.75, 3.05) is 23.9 Å². The fraction of sp³-hybridized carbons (Fsp3) is 0.304. The van der Waals surface area contributed by atoms with E-state index in [1.807, 2.05) is 58.3 Å². The highest BCUT2D eigenvalue weighted by Gasteiger charge is 2.35. The third-order valence-corrected chi connectivity index (χ3v) is 5.68. The second-order valence-corrected chi connectivity index (χ2v) is 8.47. The van der Waals surface area contributed by atoms with Crippen LogP contribution >= 0.6 is 11.8 Å². The summed E-state index contributed by atoms with van der Waals surface area (Å²) in [5, 5.41) is 0.741. The number of carbonyl (C=O) groups excluding carboxylic acids is 1. The Labute approximate surface area is 172 Å².